The highest BCUT2D eigenvalue weighted by Crippen LogP contribution is 2.39. The highest BCUT2D eigenvalue weighted by molar-refractivity contribution is 8.27. The van der Waals surface area contributed by atoms with Gasteiger partial charge in [0.05, 0.1) is 32.8 Å². The minimum atomic E-state index is -0.290. The predicted molar refractivity (Wildman–Crippen MR) is 112 cm³/mol. The Morgan fingerprint density at radius 1 is 1.15 bits per heavy atom. The van der Waals surface area contributed by atoms with Gasteiger partial charge in [-0.25, -0.2) is 0 Å². The molecule has 1 aliphatic rings. The molecule has 0 aromatic heterocycles. The monoisotopic (exact) mass is 445 g/mol. The molecule has 2 aromatic carbocycles. The Kier molecular flexibility index (Phi) is 5.69. The van der Waals surface area contributed by atoms with Gasteiger partial charge in [0.2, 0.25) is 0 Å². The van der Waals surface area contributed by atoms with Crippen LogP contribution in [0.2, 0.25) is 15.1 Å². The number of benzene rings is 2. The summed E-state index contributed by atoms with van der Waals surface area (Å²) in [7, 11) is 1.51. The number of rotatable bonds is 3. The van der Waals surface area contributed by atoms with E-state index in [-0.39, 0.29) is 21.7 Å². The van der Waals surface area contributed by atoms with E-state index in [0.29, 0.717) is 31.2 Å². The van der Waals surface area contributed by atoms with Crippen molar-refractivity contribution < 1.29 is 14.6 Å². The number of hydrogen-bond acceptors (Lipinski definition) is 5. The molecule has 0 unspecified atom stereocenters. The molecule has 0 saturated carbocycles. The number of thiocarbonyl (C=S) groups is 1. The summed E-state index contributed by atoms with van der Waals surface area (Å²) in [6, 6.07) is 8.01. The van der Waals surface area contributed by atoms with Crippen LogP contribution >= 0.6 is 58.8 Å². The lowest BCUT2D eigenvalue weighted by molar-refractivity contribution is -0.113. The number of thioether (sulfide) groups is 1. The lowest BCUT2D eigenvalue weighted by Gasteiger charge is -2.15. The van der Waals surface area contributed by atoms with E-state index in [2.05, 4.69) is 0 Å². The van der Waals surface area contributed by atoms with Crippen molar-refractivity contribution in [1.82, 2.24) is 0 Å². The highest BCUT2D eigenvalue weighted by atomic mass is 35.5. The topological polar surface area (TPSA) is 49.8 Å². The van der Waals surface area contributed by atoms with Gasteiger partial charge in [0.15, 0.2) is 10.1 Å². The summed E-state index contributed by atoms with van der Waals surface area (Å²) < 4.78 is 5.49. The van der Waals surface area contributed by atoms with Crippen molar-refractivity contribution in [2.75, 3.05) is 12.0 Å². The van der Waals surface area contributed by atoms with Crippen LogP contribution in [0.3, 0.4) is 0 Å². The van der Waals surface area contributed by atoms with E-state index in [1.807, 2.05) is 0 Å². The fraction of sp³-hybridized carbons (Fsp3) is 0.0588. The van der Waals surface area contributed by atoms with Crippen LogP contribution in [0.5, 0.6) is 11.5 Å². The number of ether oxygens (including phenoxy) is 1. The number of hydrogen-bond donors (Lipinski definition) is 1. The molecule has 0 bridgehead atoms. The number of amides is 1. The van der Waals surface area contributed by atoms with Crippen molar-refractivity contribution in [3.8, 4) is 11.5 Å². The van der Waals surface area contributed by atoms with E-state index in [9.17, 15) is 9.90 Å². The molecule has 1 N–H and O–H groups in total. The molecule has 1 heterocycles. The summed E-state index contributed by atoms with van der Waals surface area (Å²) in [5.74, 6) is 0.0113. The molecule has 2 aromatic rings. The fourth-order valence-corrected chi connectivity index (χ4v) is 4.36. The minimum absolute atomic E-state index is 0.0983. The number of nitrogens with zero attached hydrogens (tertiary/aromatic N) is 1. The van der Waals surface area contributed by atoms with Gasteiger partial charge in [0, 0.05) is 0 Å². The molecule has 9 heteroatoms. The quantitative estimate of drug-likeness (QED) is 0.479. The number of halogens is 3. The summed E-state index contributed by atoms with van der Waals surface area (Å²) in [6.45, 7) is 0. The van der Waals surface area contributed by atoms with Crippen LogP contribution in [-0.4, -0.2) is 22.4 Å². The fourth-order valence-electron chi connectivity index (χ4n) is 2.30. The number of aromatic hydroxyl groups is 1. The SMILES string of the molecule is COc1ccc(N2C(=O)C(=Cc3cc(Cl)c(O)c(Cl)c3)SC2=S)cc1Cl. The van der Waals surface area contributed by atoms with Crippen molar-refractivity contribution in [3.63, 3.8) is 0 Å². The van der Waals surface area contributed by atoms with Crippen molar-refractivity contribution in [3.05, 3.63) is 55.9 Å². The average molecular weight is 447 g/mol. The normalized spacial score (nSPS) is 15.8. The Morgan fingerprint density at radius 2 is 1.81 bits per heavy atom. The van der Waals surface area contributed by atoms with Gasteiger partial charge in [-0.15, -0.1) is 0 Å². The average Bonchev–Trinajstić information content (AvgIpc) is 2.86. The molecule has 3 rings (SSSR count). The summed E-state index contributed by atoms with van der Waals surface area (Å²) in [5, 5.41) is 10.2. The first-order valence-electron chi connectivity index (χ1n) is 7.11. The molecule has 134 valence electrons. The molecular formula is C17H10Cl3NO3S2. The Balaban J connectivity index is 1.95. The third kappa shape index (κ3) is 3.66. The molecule has 1 fully saturated rings. The molecule has 1 amide bonds. The van der Waals surface area contributed by atoms with Gasteiger partial charge in [-0.3, -0.25) is 9.69 Å². The Bertz CT molecular complexity index is 939. The van der Waals surface area contributed by atoms with Crippen LogP contribution in [0.15, 0.2) is 35.2 Å². The first-order valence-corrected chi connectivity index (χ1v) is 9.47. The zero-order valence-electron chi connectivity index (χ0n) is 13.1. The van der Waals surface area contributed by atoms with E-state index in [0.717, 1.165) is 11.8 Å². The van der Waals surface area contributed by atoms with Crippen molar-refractivity contribution in [2.24, 2.45) is 0 Å². The minimum Gasteiger partial charge on any atom is -0.505 e. The molecule has 0 spiro atoms. The molecule has 1 aliphatic heterocycles. The third-order valence-corrected chi connectivity index (χ3v) is 5.70. The molecule has 0 radical (unpaired) electrons. The Hall–Kier alpha value is -1.44. The number of phenols is 1. The van der Waals surface area contributed by atoms with Crippen LogP contribution in [-0.2, 0) is 4.79 Å². The second-order valence-corrected chi connectivity index (χ2v) is 8.07. The van der Waals surface area contributed by atoms with Crippen molar-refractivity contribution >= 4 is 80.8 Å². The molecular weight excluding hydrogens is 437 g/mol. The first kappa shape index (κ1) is 19.3. The van der Waals surface area contributed by atoms with Gasteiger partial charge in [-0.2, -0.15) is 0 Å². The van der Waals surface area contributed by atoms with Crippen LogP contribution < -0.4 is 9.64 Å². The van der Waals surface area contributed by atoms with Gasteiger partial charge >= 0.3 is 0 Å². The van der Waals surface area contributed by atoms with Gasteiger partial charge in [-0.1, -0.05) is 58.8 Å². The zero-order chi connectivity index (χ0) is 19.0. The van der Waals surface area contributed by atoms with Crippen LogP contribution in [0.4, 0.5) is 5.69 Å². The lowest BCUT2D eigenvalue weighted by Crippen LogP contribution is -2.27. The van der Waals surface area contributed by atoms with E-state index in [1.54, 1.807) is 24.3 Å². The lowest BCUT2D eigenvalue weighted by atomic mass is 10.2. The Morgan fingerprint density at radius 3 is 2.38 bits per heavy atom. The molecule has 0 aliphatic carbocycles. The first-order chi connectivity index (χ1) is 12.3. The van der Waals surface area contributed by atoms with Gasteiger partial charge < -0.3 is 9.84 Å². The number of carbonyl (C=O) groups excluding carboxylic acids is 1. The van der Waals surface area contributed by atoms with E-state index < -0.39 is 0 Å². The standard InChI is InChI=1S/C17H10Cl3NO3S2/c1-24-13-3-2-9(7-10(13)18)21-16(23)14(26-17(21)25)6-8-4-11(19)15(22)12(20)5-8/h2-7,22H,1H3. The maximum absolute atomic E-state index is 12.8. The van der Waals surface area contributed by atoms with E-state index in [1.165, 1.54) is 24.1 Å². The van der Waals surface area contributed by atoms with Crippen molar-refractivity contribution in [2.45, 2.75) is 0 Å². The Labute approximate surface area is 174 Å². The van der Waals surface area contributed by atoms with Crippen LogP contribution in [0.25, 0.3) is 6.08 Å². The predicted octanol–water partition coefficient (Wildman–Crippen LogP) is 5.77. The van der Waals surface area contributed by atoms with Gasteiger partial charge in [0.25, 0.3) is 5.91 Å². The van der Waals surface area contributed by atoms with Crippen LogP contribution in [0, 0.1) is 0 Å². The number of phenolic OH excluding ortho intramolecular Hbond substituents is 1. The summed E-state index contributed by atoms with van der Waals surface area (Å²) in [5.41, 5.74) is 1.12. The van der Waals surface area contributed by atoms with E-state index >= 15 is 0 Å². The summed E-state index contributed by atoms with van der Waals surface area (Å²) in [4.78, 5) is 14.6. The molecule has 4 nitrogen and oxygen atoms in total. The largest absolute Gasteiger partial charge is 0.505 e. The van der Waals surface area contributed by atoms with Gasteiger partial charge in [0.1, 0.15) is 5.75 Å². The second kappa shape index (κ2) is 7.66. The molecule has 26 heavy (non-hydrogen) atoms. The second-order valence-electron chi connectivity index (χ2n) is 5.17. The molecule has 1 saturated heterocycles. The third-order valence-electron chi connectivity index (χ3n) is 3.52. The van der Waals surface area contributed by atoms with E-state index in [4.69, 9.17) is 51.8 Å². The summed E-state index contributed by atoms with van der Waals surface area (Å²) in [6.07, 6.45) is 1.61. The van der Waals surface area contributed by atoms with Crippen LogP contribution in [0.1, 0.15) is 5.56 Å². The number of methoxy groups -OCH3 is 1. The maximum atomic E-state index is 12.8. The number of anilines is 1. The highest BCUT2D eigenvalue weighted by Gasteiger charge is 2.33. The zero-order valence-corrected chi connectivity index (χ0v) is 17.0. The smallest absolute Gasteiger partial charge is 0.270 e. The van der Waals surface area contributed by atoms with Gasteiger partial charge in [-0.05, 0) is 42.0 Å². The summed E-state index contributed by atoms with van der Waals surface area (Å²) >= 11 is 24.5. The maximum Gasteiger partial charge on any atom is 0.270 e. The van der Waals surface area contributed by atoms with Crippen molar-refractivity contribution in [1.29, 1.82) is 0 Å². The number of carbonyl (C=O) groups is 1. The molecule has 0 atom stereocenters.